The zero-order valence-corrected chi connectivity index (χ0v) is 11.5. The van der Waals surface area contributed by atoms with Crippen LogP contribution in [0.25, 0.3) is 0 Å². The van der Waals surface area contributed by atoms with Crippen LogP contribution in [0.3, 0.4) is 0 Å². The number of nitriles is 1. The summed E-state index contributed by atoms with van der Waals surface area (Å²) < 4.78 is 5.68. The fourth-order valence-corrected chi connectivity index (χ4v) is 2.34. The molecule has 0 saturated heterocycles. The fraction of sp³-hybridized carbons (Fsp3) is 0.286. The standard InChI is InChI=1S/C14H14N2OS/c1-9-4-5-12(6-10(9)2)17-8-14-16-11(3)13(7-15)18-14/h4-6H,8H2,1-3H3. The lowest BCUT2D eigenvalue weighted by atomic mass is 10.1. The Hall–Kier alpha value is -1.86. The van der Waals surface area contributed by atoms with E-state index in [4.69, 9.17) is 10.00 Å². The van der Waals surface area contributed by atoms with Gasteiger partial charge in [-0.05, 0) is 44.0 Å². The van der Waals surface area contributed by atoms with Gasteiger partial charge in [-0.1, -0.05) is 6.07 Å². The summed E-state index contributed by atoms with van der Waals surface area (Å²) in [6, 6.07) is 8.14. The van der Waals surface area contributed by atoms with Crippen LogP contribution in [-0.2, 0) is 6.61 Å². The predicted octanol–water partition coefficient (Wildman–Crippen LogP) is 3.52. The van der Waals surface area contributed by atoms with Gasteiger partial charge in [0.2, 0.25) is 0 Å². The minimum Gasteiger partial charge on any atom is -0.486 e. The van der Waals surface area contributed by atoms with E-state index in [9.17, 15) is 0 Å². The molecular weight excluding hydrogens is 244 g/mol. The van der Waals surface area contributed by atoms with Gasteiger partial charge < -0.3 is 4.74 Å². The van der Waals surface area contributed by atoms with Gasteiger partial charge in [0.25, 0.3) is 0 Å². The molecule has 0 N–H and O–H groups in total. The van der Waals surface area contributed by atoms with Crippen molar-refractivity contribution in [3.63, 3.8) is 0 Å². The molecule has 0 radical (unpaired) electrons. The Kier molecular flexibility index (Phi) is 3.63. The molecule has 0 spiro atoms. The lowest BCUT2D eigenvalue weighted by Crippen LogP contribution is -1.95. The number of aryl methyl sites for hydroxylation is 3. The molecule has 0 unspecified atom stereocenters. The summed E-state index contributed by atoms with van der Waals surface area (Å²) in [7, 11) is 0. The van der Waals surface area contributed by atoms with Crippen LogP contribution in [0.5, 0.6) is 5.75 Å². The molecule has 0 fully saturated rings. The van der Waals surface area contributed by atoms with Crippen LogP contribution in [0.15, 0.2) is 18.2 Å². The number of ether oxygens (including phenoxy) is 1. The number of hydrogen-bond acceptors (Lipinski definition) is 4. The Balaban J connectivity index is 2.07. The summed E-state index contributed by atoms with van der Waals surface area (Å²) in [4.78, 5) is 4.97. The molecule has 1 heterocycles. The van der Waals surface area contributed by atoms with E-state index in [1.807, 2.05) is 25.1 Å². The van der Waals surface area contributed by atoms with Gasteiger partial charge in [0.1, 0.15) is 28.3 Å². The number of thiazole rings is 1. The summed E-state index contributed by atoms with van der Waals surface area (Å²) in [6.07, 6.45) is 0. The fourth-order valence-electron chi connectivity index (χ4n) is 1.57. The highest BCUT2D eigenvalue weighted by molar-refractivity contribution is 7.12. The third kappa shape index (κ3) is 2.69. The zero-order chi connectivity index (χ0) is 13.1. The first kappa shape index (κ1) is 12.6. The van der Waals surface area contributed by atoms with E-state index in [0.717, 1.165) is 16.5 Å². The molecule has 0 amide bonds. The van der Waals surface area contributed by atoms with Crippen molar-refractivity contribution in [1.29, 1.82) is 5.26 Å². The second-order valence-electron chi connectivity index (χ2n) is 4.17. The summed E-state index contributed by atoms with van der Waals surface area (Å²) in [5, 5.41) is 9.70. The van der Waals surface area contributed by atoms with E-state index in [0.29, 0.717) is 11.5 Å². The maximum absolute atomic E-state index is 8.86. The van der Waals surface area contributed by atoms with Crippen LogP contribution in [0, 0.1) is 32.1 Å². The van der Waals surface area contributed by atoms with Gasteiger partial charge in [-0.15, -0.1) is 11.3 Å². The second kappa shape index (κ2) is 5.19. The Morgan fingerprint density at radius 1 is 1.28 bits per heavy atom. The van der Waals surface area contributed by atoms with Gasteiger partial charge in [-0.3, -0.25) is 0 Å². The van der Waals surface area contributed by atoms with Crippen molar-refractivity contribution in [2.24, 2.45) is 0 Å². The van der Waals surface area contributed by atoms with Gasteiger partial charge in [0.15, 0.2) is 0 Å². The first-order chi connectivity index (χ1) is 8.60. The normalized spacial score (nSPS) is 10.1. The molecule has 0 aliphatic rings. The van der Waals surface area contributed by atoms with Gasteiger partial charge in [-0.25, -0.2) is 4.98 Å². The van der Waals surface area contributed by atoms with Gasteiger partial charge >= 0.3 is 0 Å². The van der Waals surface area contributed by atoms with E-state index in [1.54, 1.807) is 0 Å². The van der Waals surface area contributed by atoms with Crippen molar-refractivity contribution < 1.29 is 4.74 Å². The highest BCUT2D eigenvalue weighted by atomic mass is 32.1. The predicted molar refractivity (Wildman–Crippen MR) is 71.8 cm³/mol. The average molecular weight is 258 g/mol. The third-order valence-corrected chi connectivity index (χ3v) is 3.82. The van der Waals surface area contributed by atoms with Crippen molar-refractivity contribution in [3.05, 3.63) is 44.9 Å². The summed E-state index contributed by atoms with van der Waals surface area (Å²) in [5.41, 5.74) is 3.24. The molecule has 0 aliphatic heterocycles. The molecule has 4 heteroatoms. The minimum absolute atomic E-state index is 0.412. The van der Waals surface area contributed by atoms with E-state index in [-0.39, 0.29) is 0 Å². The van der Waals surface area contributed by atoms with Gasteiger partial charge in [0.05, 0.1) is 5.69 Å². The molecule has 18 heavy (non-hydrogen) atoms. The van der Waals surface area contributed by atoms with Crippen molar-refractivity contribution in [3.8, 4) is 11.8 Å². The van der Waals surface area contributed by atoms with E-state index in [1.165, 1.54) is 22.5 Å². The molecule has 92 valence electrons. The summed E-state index contributed by atoms with van der Waals surface area (Å²) >= 11 is 1.39. The number of aromatic nitrogens is 1. The number of hydrogen-bond donors (Lipinski definition) is 0. The molecule has 0 aliphatic carbocycles. The molecule has 3 nitrogen and oxygen atoms in total. The largest absolute Gasteiger partial charge is 0.486 e. The lowest BCUT2D eigenvalue weighted by Gasteiger charge is -2.06. The third-order valence-electron chi connectivity index (χ3n) is 2.78. The van der Waals surface area contributed by atoms with Gasteiger partial charge in [0, 0.05) is 0 Å². The van der Waals surface area contributed by atoms with Crippen LogP contribution in [-0.4, -0.2) is 4.98 Å². The Labute approximate surface area is 111 Å². The van der Waals surface area contributed by atoms with Crippen molar-refractivity contribution in [2.45, 2.75) is 27.4 Å². The van der Waals surface area contributed by atoms with Crippen LogP contribution < -0.4 is 4.74 Å². The Morgan fingerprint density at radius 2 is 2.06 bits per heavy atom. The zero-order valence-electron chi connectivity index (χ0n) is 10.7. The molecular formula is C14H14N2OS. The first-order valence-corrected chi connectivity index (χ1v) is 6.48. The number of nitrogens with zero attached hydrogens (tertiary/aromatic N) is 2. The van der Waals surface area contributed by atoms with E-state index in [2.05, 4.69) is 24.9 Å². The SMILES string of the molecule is Cc1ccc(OCc2nc(C)c(C#N)s2)cc1C. The monoisotopic (exact) mass is 258 g/mol. The Bertz CT molecular complexity index is 611. The molecule has 2 aromatic rings. The Morgan fingerprint density at radius 3 is 2.67 bits per heavy atom. The molecule has 1 aromatic carbocycles. The van der Waals surface area contributed by atoms with Crippen molar-refractivity contribution >= 4 is 11.3 Å². The smallest absolute Gasteiger partial charge is 0.140 e. The van der Waals surface area contributed by atoms with Crippen LogP contribution in [0.4, 0.5) is 0 Å². The van der Waals surface area contributed by atoms with Crippen molar-refractivity contribution in [1.82, 2.24) is 4.98 Å². The van der Waals surface area contributed by atoms with Crippen molar-refractivity contribution in [2.75, 3.05) is 0 Å². The maximum atomic E-state index is 8.86. The quantitative estimate of drug-likeness (QED) is 0.846. The first-order valence-electron chi connectivity index (χ1n) is 5.66. The minimum atomic E-state index is 0.412. The van der Waals surface area contributed by atoms with Crippen LogP contribution in [0.1, 0.15) is 26.7 Å². The van der Waals surface area contributed by atoms with E-state index < -0.39 is 0 Å². The summed E-state index contributed by atoms with van der Waals surface area (Å²) in [6.45, 7) is 6.39. The second-order valence-corrected chi connectivity index (χ2v) is 5.25. The molecule has 0 saturated carbocycles. The highest BCUT2D eigenvalue weighted by Gasteiger charge is 2.07. The van der Waals surface area contributed by atoms with E-state index >= 15 is 0 Å². The van der Waals surface area contributed by atoms with Crippen LogP contribution >= 0.6 is 11.3 Å². The molecule has 1 aromatic heterocycles. The highest BCUT2D eigenvalue weighted by Crippen LogP contribution is 2.21. The van der Waals surface area contributed by atoms with Crippen LogP contribution in [0.2, 0.25) is 0 Å². The number of rotatable bonds is 3. The lowest BCUT2D eigenvalue weighted by molar-refractivity contribution is 0.305. The number of benzene rings is 1. The summed E-state index contributed by atoms with van der Waals surface area (Å²) in [5.74, 6) is 0.837. The topological polar surface area (TPSA) is 45.9 Å². The molecule has 2 rings (SSSR count). The maximum Gasteiger partial charge on any atom is 0.140 e. The molecule has 0 atom stereocenters. The molecule has 0 bridgehead atoms. The van der Waals surface area contributed by atoms with Gasteiger partial charge in [-0.2, -0.15) is 5.26 Å². The average Bonchev–Trinajstić information content (AvgIpc) is 2.71.